The van der Waals surface area contributed by atoms with Crippen LogP contribution in [-0.2, 0) is 21.1 Å². The van der Waals surface area contributed by atoms with Gasteiger partial charge in [-0.05, 0) is 53.2 Å². The van der Waals surface area contributed by atoms with E-state index in [2.05, 4.69) is 15.9 Å². The highest BCUT2D eigenvalue weighted by atomic mass is 79.9. The van der Waals surface area contributed by atoms with E-state index >= 15 is 0 Å². The maximum absolute atomic E-state index is 13.2. The van der Waals surface area contributed by atoms with Crippen LogP contribution in [0.15, 0.2) is 34.8 Å². The number of carbonyl (C=O) groups excluding carboxylic acids is 1. The Morgan fingerprint density at radius 2 is 1.86 bits per heavy atom. The predicted octanol–water partition coefficient (Wildman–Crippen LogP) is 4.85. The summed E-state index contributed by atoms with van der Waals surface area (Å²) in [6, 6.07) is 5.78. The molecule has 2 unspecified atom stereocenters. The predicted molar refractivity (Wildman–Crippen MR) is 116 cm³/mol. The van der Waals surface area contributed by atoms with E-state index in [-0.39, 0.29) is 37.1 Å². The minimum absolute atomic E-state index is 0.0297. The Morgan fingerprint density at radius 1 is 1.24 bits per heavy atom. The van der Waals surface area contributed by atoms with Crippen LogP contribution < -0.4 is 4.31 Å². The molecular formula is C17H15BrCl2FNO5S2. The van der Waals surface area contributed by atoms with Crippen LogP contribution in [0.4, 0.5) is 10.1 Å². The van der Waals surface area contributed by atoms with Crippen LogP contribution >= 0.6 is 39.1 Å². The minimum Gasteiger partial charge on any atom is -0.289 e. The summed E-state index contributed by atoms with van der Waals surface area (Å²) in [4.78, 5) is 12.8. The number of benzene rings is 2. The number of rotatable bonds is 7. The molecule has 0 fully saturated rings. The lowest BCUT2D eigenvalue weighted by Crippen LogP contribution is -2.41. The van der Waals surface area contributed by atoms with Crippen LogP contribution in [-0.4, -0.2) is 34.1 Å². The Balaban J connectivity index is 2.57. The largest absolute Gasteiger partial charge is 0.289 e. The van der Waals surface area contributed by atoms with Gasteiger partial charge in [-0.2, -0.15) is 0 Å². The van der Waals surface area contributed by atoms with Crippen LogP contribution in [0.2, 0.25) is 10.0 Å². The minimum atomic E-state index is -3.72. The number of hydrogen-bond donors (Lipinski definition) is 1. The highest BCUT2D eigenvalue weighted by Crippen LogP contribution is 2.36. The van der Waals surface area contributed by atoms with Gasteiger partial charge in [0.1, 0.15) is 11.2 Å². The SMILES string of the molecule is CCS(=O)(=O)C(C)N(c1cc(Br)c(C(=O)c2ccc(F)cc2Cl)cc1Cl)S(=O)O. The van der Waals surface area contributed by atoms with Crippen molar-refractivity contribution in [1.82, 2.24) is 0 Å². The monoisotopic (exact) mass is 545 g/mol. The fraction of sp³-hybridized carbons (Fsp3) is 0.235. The van der Waals surface area contributed by atoms with Gasteiger partial charge in [-0.3, -0.25) is 9.35 Å². The first-order valence-electron chi connectivity index (χ1n) is 8.01. The van der Waals surface area contributed by atoms with E-state index in [1.807, 2.05) is 0 Å². The second kappa shape index (κ2) is 9.40. The van der Waals surface area contributed by atoms with Crippen LogP contribution in [0, 0.1) is 5.82 Å². The molecule has 2 aromatic rings. The van der Waals surface area contributed by atoms with Crippen molar-refractivity contribution in [2.45, 2.75) is 19.2 Å². The standard InChI is InChI=1S/C17H15BrCl2FNO5S2/c1-3-29(26,27)9(2)22(28(24)25)16-8-13(18)12(7-15(16)20)17(23)11-5-4-10(21)6-14(11)19/h4-9H,3H2,1-2H3,(H,24,25). The molecule has 0 amide bonds. The molecule has 2 atom stereocenters. The Bertz CT molecular complexity index is 1100. The molecule has 29 heavy (non-hydrogen) atoms. The van der Waals surface area contributed by atoms with Gasteiger partial charge >= 0.3 is 0 Å². The van der Waals surface area contributed by atoms with E-state index in [4.69, 9.17) is 23.2 Å². The first-order valence-corrected chi connectivity index (χ1v) is 12.3. The van der Waals surface area contributed by atoms with Gasteiger partial charge in [0.25, 0.3) is 11.3 Å². The first kappa shape index (κ1) is 24.2. The molecule has 0 radical (unpaired) electrons. The second-order valence-corrected chi connectivity index (χ2v) is 11.0. The maximum atomic E-state index is 13.2. The van der Waals surface area contributed by atoms with E-state index in [1.165, 1.54) is 32.0 Å². The molecule has 0 bridgehead atoms. The van der Waals surface area contributed by atoms with Crippen molar-refractivity contribution in [2.75, 3.05) is 10.1 Å². The lowest BCUT2D eigenvalue weighted by molar-refractivity contribution is 0.103. The Labute approximate surface area is 188 Å². The molecule has 12 heteroatoms. The zero-order chi connectivity index (χ0) is 22.1. The quantitative estimate of drug-likeness (QED) is 0.396. The number of carbonyl (C=O) groups is 1. The summed E-state index contributed by atoms with van der Waals surface area (Å²) in [5, 5.41) is -1.57. The summed E-state index contributed by atoms with van der Waals surface area (Å²) in [6.07, 6.45) is 0. The van der Waals surface area contributed by atoms with Gasteiger partial charge in [-0.25, -0.2) is 21.3 Å². The van der Waals surface area contributed by atoms with E-state index in [9.17, 15) is 26.4 Å². The molecule has 0 aromatic heterocycles. The summed E-state index contributed by atoms with van der Waals surface area (Å²) in [7, 11) is -3.72. The van der Waals surface area contributed by atoms with Crippen molar-refractivity contribution in [3.05, 3.63) is 61.8 Å². The fourth-order valence-electron chi connectivity index (χ4n) is 2.49. The number of sulfone groups is 1. The first-order chi connectivity index (χ1) is 13.4. The molecular weight excluding hydrogens is 532 g/mol. The van der Waals surface area contributed by atoms with E-state index < -0.39 is 38.1 Å². The Morgan fingerprint density at radius 3 is 2.38 bits per heavy atom. The fourth-order valence-corrected chi connectivity index (χ4v) is 5.64. The number of hydrogen-bond acceptors (Lipinski definition) is 4. The van der Waals surface area contributed by atoms with E-state index in [1.54, 1.807) is 0 Å². The van der Waals surface area contributed by atoms with Gasteiger partial charge < -0.3 is 0 Å². The van der Waals surface area contributed by atoms with Crippen molar-refractivity contribution < 1.29 is 26.4 Å². The zero-order valence-corrected chi connectivity index (χ0v) is 19.8. The third-order valence-electron chi connectivity index (χ3n) is 4.11. The highest BCUT2D eigenvalue weighted by Gasteiger charge is 2.32. The summed E-state index contributed by atoms with van der Waals surface area (Å²) < 4.78 is 60.1. The molecule has 0 saturated heterocycles. The van der Waals surface area contributed by atoms with Crippen molar-refractivity contribution in [3.63, 3.8) is 0 Å². The molecule has 2 rings (SSSR count). The average Bonchev–Trinajstić information content (AvgIpc) is 2.63. The summed E-state index contributed by atoms with van der Waals surface area (Å²) in [6.45, 7) is 2.67. The van der Waals surface area contributed by atoms with Gasteiger partial charge in [0.2, 0.25) is 0 Å². The lowest BCUT2D eigenvalue weighted by atomic mass is 10.0. The molecule has 0 saturated carbocycles. The number of anilines is 1. The lowest BCUT2D eigenvalue weighted by Gasteiger charge is -2.27. The summed E-state index contributed by atoms with van der Waals surface area (Å²) >= 11 is 12.7. The number of halogens is 4. The normalized spacial score (nSPS) is 13.8. The van der Waals surface area contributed by atoms with Crippen molar-refractivity contribution in [1.29, 1.82) is 0 Å². The van der Waals surface area contributed by atoms with E-state index in [0.717, 1.165) is 16.4 Å². The molecule has 0 aliphatic carbocycles. The van der Waals surface area contributed by atoms with Crippen LogP contribution in [0.3, 0.4) is 0 Å². The third-order valence-corrected chi connectivity index (χ3v) is 8.42. The Kier molecular flexibility index (Phi) is 7.86. The average molecular weight is 547 g/mol. The number of nitrogens with zero attached hydrogens (tertiary/aromatic N) is 1. The molecule has 2 aromatic carbocycles. The summed E-state index contributed by atoms with van der Waals surface area (Å²) in [5.41, 5.74) is 0.0229. The number of ketones is 1. The van der Waals surface area contributed by atoms with Crippen LogP contribution in [0.5, 0.6) is 0 Å². The molecule has 0 aliphatic heterocycles. The molecule has 0 spiro atoms. The molecule has 1 N–H and O–H groups in total. The second-order valence-electron chi connectivity index (χ2n) is 5.84. The zero-order valence-electron chi connectivity index (χ0n) is 15.0. The van der Waals surface area contributed by atoms with Gasteiger partial charge in [0.05, 0.1) is 15.7 Å². The van der Waals surface area contributed by atoms with Crippen LogP contribution in [0.1, 0.15) is 29.8 Å². The third kappa shape index (κ3) is 5.18. The van der Waals surface area contributed by atoms with Gasteiger partial charge in [0.15, 0.2) is 15.6 Å². The van der Waals surface area contributed by atoms with Crippen molar-refractivity contribution in [3.8, 4) is 0 Å². The highest BCUT2D eigenvalue weighted by molar-refractivity contribution is 9.10. The molecule has 0 aliphatic rings. The van der Waals surface area contributed by atoms with E-state index in [0.29, 0.717) is 0 Å². The van der Waals surface area contributed by atoms with Gasteiger partial charge in [-0.1, -0.05) is 30.1 Å². The molecule has 6 nitrogen and oxygen atoms in total. The van der Waals surface area contributed by atoms with Crippen LogP contribution in [0.25, 0.3) is 0 Å². The summed E-state index contributed by atoms with van der Waals surface area (Å²) in [5.74, 6) is -1.42. The topological polar surface area (TPSA) is 91.8 Å². The smallest absolute Gasteiger partial charge is 0.263 e. The van der Waals surface area contributed by atoms with Crippen molar-refractivity contribution in [2.24, 2.45) is 0 Å². The maximum Gasteiger partial charge on any atom is 0.263 e. The van der Waals surface area contributed by atoms with Crippen molar-refractivity contribution >= 4 is 71.7 Å². The van der Waals surface area contributed by atoms with Gasteiger partial charge in [-0.15, -0.1) is 0 Å². The molecule has 0 heterocycles. The Hall–Kier alpha value is -1.04. The van der Waals surface area contributed by atoms with Gasteiger partial charge in [0, 0.05) is 21.4 Å². The molecule has 158 valence electrons.